The van der Waals surface area contributed by atoms with Crippen LogP contribution in [0.25, 0.3) is 5.69 Å². The monoisotopic (exact) mass is 429 g/mol. The Hall–Kier alpha value is -3.18. The summed E-state index contributed by atoms with van der Waals surface area (Å²) in [4.78, 5) is 13.2. The number of likely N-dealkylation sites (tertiary alicyclic amines) is 1. The van der Waals surface area contributed by atoms with Crippen LogP contribution in [0.5, 0.6) is 0 Å². The lowest BCUT2D eigenvalue weighted by atomic mass is 10.0. The summed E-state index contributed by atoms with van der Waals surface area (Å²) in [5.41, 5.74) is 7.28. The van der Waals surface area contributed by atoms with Crippen LogP contribution in [-0.2, 0) is 17.6 Å². The first-order valence-electron chi connectivity index (χ1n) is 11.4. The first-order valence-corrected chi connectivity index (χ1v) is 11.4. The highest BCUT2D eigenvalue weighted by Gasteiger charge is 2.26. The molecule has 2 heterocycles. The molecule has 1 aromatic heterocycles. The minimum atomic E-state index is -0.900. The van der Waals surface area contributed by atoms with E-state index in [9.17, 15) is 4.79 Å². The molecular weight excluding hydrogens is 398 g/mol. The average molecular weight is 430 g/mol. The van der Waals surface area contributed by atoms with Crippen LogP contribution in [0.15, 0.2) is 66.7 Å². The Labute approximate surface area is 190 Å². The first-order chi connectivity index (χ1) is 15.5. The number of aromatic nitrogens is 2. The van der Waals surface area contributed by atoms with Gasteiger partial charge in [0.05, 0.1) is 11.4 Å². The third kappa shape index (κ3) is 5.00. The minimum absolute atomic E-state index is 0.448. The lowest BCUT2D eigenvalue weighted by Gasteiger charge is -2.25. The van der Waals surface area contributed by atoms with E-state index in [0.717, 1.165) is 36.5 Å². The van der Waals surface area contributed by atoms with Crippen LogP contribution in [0, 0.1) is 13.8 Å². The van der Waals surface area contributed by atoms with Gasteiger partial charge in [-0.1, -0.05) is 48.5 Å². The molecule has 0 saturated carbocycles. The largest absolute Gasteiger partial charge is 0.478 e. The van der Waals surface area contributed by atoms with Crippen LogP contribution < -0.4 is 0 Å². The third-order valence-corrected chi connectivity index (χ3v) is 6.43. The fourth-order valence-corrected chi connectivity index (χ4v) is 4.76. The van der Waals surface area contributed by atoms with Gasteiger partial charge in [-0.25, -0.2) is 9.48 Å². The number of nitrogens with zero attached hydrogens (tertiary/aromatic N) is 3. The van der Waals surface area contributed by atoms with Gasteiger partial charge in [0.2, 0.25) is 0 Å². The van der Waals surface area contributed by atoms with Gasteiger partial charge in [0.15, 0.2) is 0 Å². The lowest BCUT2D eigenvalue weighted by Crippen LogP contribution is -2.26. The normalized spacial score (nSPS) is 16.8. The zero-order chi connectivity index (χ0) is 22.5. The van der Waals surface area contributed by atoms with Gasteiger partial charge in [-0.15, -0.1) is 0 Å². The quantitative estimate of drug-likeness (QED) is 0.509. The number of hydrogen-bond acceptors (Lipinski definition) is 3. The maximum atomic E-state index is 10.6. The lowest BCUT2D eigenvalue weighted by molar-refractivity contribution is -0.131. The number of para-hydroxylation sites is 1. The highest BCUT2D eigenvalue weighted by atomic mass is 16.4. The van der Waals surface area contributed by atoms with Gasteiger partial charge in [0.1, 0.15) is 0 Å². The number of aliphatic carboxylic acids is 1. The predicted octanol–water partition coefficient (Wildman–Crippen LogP) is 5.05. The van der Waals surface area contributed by atoms with Gasteiger partial charge >= 0.3 is 5.97 Å². The van der Waals surface area contributed by atoms with Crippen LogP contribution in [0.3, 0.4) is 0 Å². The van der Waals surface area contributed by atoms with Crippen molar-refractivity contribution >= 4 is 5.97 Å². The molecule has 2 aromatic carbocycles. The smallest absolute Gasteiger partial charge is 0.327 e. The molecule has 0 radical (unpaired) electrons. The second kappa shape index (κ2) is 9.96. The van der Waals surface area contributed by atoms with Crippen molar-refractivity contribution in [2.24, 2.45) is 0 Å². The Morgan fingerprint density at radius 1 is 1.12 bits per heavy atom. The summed E-state index contributed by atoms with van der Waals surface area (Å²) in [6.45, 7) is 6.43. The summed E-state index contributed by atoms with van der Waals surface area (Å²) in [6, 6.07) is 19.4. The molecule has 5 nitrogen and oxygen atoms in total. The number of rotatable bonds is 8. The van der Waals surface area contributed by atoms with Crippen molar-refractivity contribution < 1.29 is 9.90 Å². The summed E-state index contributed by atoms with van der Waals surface area (Å²) in [5, 5.41) is 13.5. The van der Waals surface area contributed by atoms with E-state index in [0.29, 0.717) is 12.5 Å². The van der Waals surface area contributed by atoms with E-state index in [2.05, 4.69) is 59.8 Å². The Kier molecular flexibility index (Phi) is 6.86. The molecule has 166 valence electrons. The van der Waals surface area contributed by atoms with Gasteiger partial charge in [-0.05, 0) is 74.9 Å². The van der Waals surface area contributed by atoms with E-state index < -0.39 is 5.97 Å². The fraction of sp³-hybridized carbons (Fsp3) is 0.333. The zero-order valence-corrected chi connectivity index (χ0v) is 18.9. The van der Waals surface area contributed by atoms with Crippen molar-refractivity contribution in [3.8, 4) is 5.69 Å². The number of carbonyl (C=O) groups is 1. The maximum absolute atomic E-state index is 10.6. The molecule has 3 aromatic rings. The van der Waals surface area contributed by atoms with Crippen LogP contribution in [-0.4, -0.2) is 38.8 Å². The number of hydrogen-bond donors (Lipinski definition) is 1. The van der Waals surface area contributed by atoms with Gasteiger partial charge < -0.3 is 5.11 Å². The molecule has 1 saturated heterocycles. The van der Waals surface area contributed by atoms with Crippen molar-refractivity contribution in [2.75, 3.05) is 13.1 Å². The Morgan fingerprint density at radius 2 is 1.88 bits per heavy atom. The topological polar surface area (TPSA) is 58.4 Å². The molecule has 1 N–H and O–H groups in total. The molecule has 0 amide bonds. The van der Waals surface area contributed by atoms with Gasteiger partial charge in [0.25, 0.3) is 0 Å². The Balaban J connectivity index is 1.42. The highest BCUT2D eigenvalue weighted by Crippen LogP contribution is 2.32. The van der Waals surface area contributed by atoms with E-state index in [4.69, 9.17) is 10.2 Å². The zero-order valence-electron chi connectivity index (χ0n) is 18.9. The Morgan fingerprint density at radius 3 is 2.59 bits per heavy atom. The predicted molar refractivity (Wildman–Crippen MR) is 127 cm³/mol. The van der Waals surface area contributed by atoms with E-state index in [1.165, 1.54) is 35.7 Å². The summed E-state index contributed by atoms with van der Waals surface area (Å²) in [6.07, 6.45) is 6.94. The molecule has 32 heavy (non-hydrogen) atoms. The molecule has 1 atom stereocenters. The van der Waals surface area contributed by atoms with Crippen LogP contribution in [0.4, 0.5) is 0 Å². The fourth-order valence-electron chi connectivity index (χ4n) is 4.76. The molecule has 1 aliphatic rings. The molecule has 0 unspecified atom stereocenters. The van der Waals surface area contributed by atoms with E-state index in [-0.39, 0.29) is 0 Å². The standard InChI is InChI=1S/C27H31N3O2/c1-20-25(21(2)30(28-20)24-9-4-3-5-10-24)17-19-29-18-7-11-26(29)23-15-13-22(14-16-23)8-6-12-27(31)32/h3-6,9-10,12-16,26H,7-8,11,17-19H2,1-2H3,(H,31,32)/b12-6+/t26-/m0/s1. The molecular formula is C27H31N3O2. The van der Waals surface area contributed by atoms with E-state index in [1.54, 1.807) is 6.08 Å². The SMILES string of the molecule is Cc1nn(-c2ccccc2)c(C)c1CCN1CCC[C@H]1c1ccc(C/C=C/C(=O)O)cc1. The number of benzene rings is 2. The maximum Gasteiger partial charge on any atom is 0.327 e. The van der Waals surface area contributed by atoms with Crippen molar-refractivity contribution in [1.82, 2.24) is 14.7 Å². The second-order valence-corrected chi connectivity index (χ2v) is 8.53. The summed E-state index contributed by atoms with van der Waals surface area (Å²) in [5.74, 6) is -0.900. The molecule has 1 fully saturated rings. The van der Waals surface area contributed by atoms with Crippen LogP contribution >= 0.6 is 0 Å². The molecule has 1 aliphatic heterocycles. The van der Waals surface area contributed by atoms with Gasteiger partial charge in [-0.2, -0.15) is 5.10 Å². The van der Waals surface area contributed by atoms with E-state index >= 15 is 0 Å². The van der Waals surface area contributed by atoms with Crippen molar-refractivity contribution in [1.29, 1.82) is 0 Å². The number of allylic oxidation sites excluding steroid dienone is 1. The summed E-state index contributed by atoms with van der Waals surface area (Å²) >= 11 is 0. The van der Waals surface area contributed by atoms with Crippen molar-refractivity contribution in [3.63, 3.8) is 0 Å². The number of carboxylic acid groups (broad SMARTS) is 1. The average Bonchev–Trinajstić information content (AvgIpc) is 3.37. The molecule has 4 rings (SSSR count). The molecule has 0 spiro atoms. The van der Waals surface area contributed by atoms with Crippen LogP contribution in [0.1, 0.15) is 47.0 Å². The number of aryl methyl sites for hydroxylation is 1. The minimum Gasteiger partial charge on any atom is -0.478 e. The van der Waals surface area contributed by atoms with Crippen LogP contribution in [0.2, 0.25) is 0 Å². The summed E-state index contributed by atoms with van der Waals surface area (Å²) < 4.78 is 2.06. The molecule has 0 aliphatic carbocycles. The molecule has 5 heteroatoms. The molecule has 0 bridgehead atoms. The van der Waals surface area contributed by atoms with Gasteiger partial charge in [-0.3, -0.25) is 4.90 Å². The second-order valence-electron chi connectivity index (χ2n) is 8.53. The van der Waals surface area contributed by atoms with Crippen molar-refractivity contribution in [3.05, 3.63) is 94.8 Å². The highest BCUT2D eigenvalue weighted by molar-refractivity contribution is 5.79. The number of carboxylic acids is 1. The van der Waals surface area contributed by atoms with E-state index in [1.807, 2.05) is 18.2 Å². The summed E-state index contributed by atoms with van der Waals surface area (Å²) in [7, 11) is 0. The van der Waals surface area contributed by atoms with Gasteiger partial charge in [0, 0.05) is 24.4 Å². The Bertz CT molecular complexity index is 1080. The first kappa shape index (κ1) is 22.0. The van der Waals surface area contributed by atoms with Crippen molar-refractivity contribution in [2.45, 2.75) is 45.6 Å². The third-order valence-electron chi connectivity index (χ3n) is 6.43.